The van der Waals surface area contributed by atoms with Gasteiger partial charge < -0.3 is 20.5 Å². The number of carbonyl (C=O) groups excluding carboxylic acids is 1. The van der Waals surface area contributed by atoms with E-state index >= 15 is 0 Å². The second-order valence-electron chi connectivity index (χ2n) is 4.09. The van der Waals surface area contributed by atoms with E-state index < -0.39 is 0 Å². The molecule has 103 valence electrons. The predicted octanol–water partition coefficient (Wildman–Crippen LogP) is -0.110. The average molecular weight is 333 g/mol. The van der Waals surface area contributed by atoms with Crippen LogP contribution >= 0.6 is 0 Å². The molecule has 0 aliphatic carbocycles. The number of ether oxygens (including phenoxy) is 2. The Hall–Kier alpha value is 0.414. The van der Waals surface area contributed by atoms with E-state index in [2.05, 4.69) is 10.2 Å². The van der Waals surface area contributed by atoms with Crippen LogP contribution in [0.25, 0.3) is 5.73 Å². The van der Waals surface area contributed by atoms with Crippen molar-refractivity contribution >= 4 is 5.91 Å². The summed E-state index contributed by atoms with van der Waals surface area (Å²) in [5.74, 6) is -0.0236. The van der Waals surface area contributed by atoms with Crippen LogP contribution in [0, 0.1) is 0 Å². The summed E-state index contributed by atoms with van der Waals surface area (Å²) in [6.07, 6.45) is 0.0730. The van der Waals surface area contributed by atoms with Gasteiger partial charge in [-0.05, 0) is 0 Å². The summed E-state index contributed by atoms with van der Waals surface area (Å²) in [5, 5.41) is 2.77. The summed E-state index contributed by atoms with van der Waals surface area (Å²) in [4.78, 5) is 13.1. The van der Waals surface area contributed by atoms with Crippen molar-refractivity contribution in [3.05, 3.63) is 5.73 Å². The van der Waals surface area contributed by atoms with E-state index in [-0.39, 0.29) is 44.7 Å². The maximum absolute atomic E-state index is 10.8. The van der Waals surface area contributed by atoms with Crippen molar-refractivity contribution in [2.24, 2.45) is 0 Å². The van der Waals surface area contributed by atoms with Gasteiger partial charge in [-0.25, -0.2) is 0 Å². The fourth-order valence-electron chi connectivity index (χ4n) is 1.73. The molecule has 0 aromatic heterocycles. The number of carbonyl (C=O) groups is 1. The second kappa shape index (κ2) is 11.3. The van der Waals surface area contributed by atoms with Crippen molar-refractivity contribution in [2.45, 2.75) is 13.0 Å². The maximum Gasteiger partial charge on any atom is 0.216 e. The molecule has 1 fully saturated rings. The van der Waals surface area contributed by atoms with Gasteiger partial charge >= 0.3 is 0 Å². The third-order valence-corrected chi connectivity index (χ3v) is 2.60. The van der Waals surface area contributed by atoms with Crippen molar-refractivity contribution in [3.8, 4) is 0 Å². The first-order valence-electron chi connectivity index (χ1n) is 6.03. The van der Waals surface area contributed by atoms with Crippen molar-refractivity contribution in [1.82, 2.24) is 10.2 Å². The first-order chi connectivity index (χ1) is 8.22. The Morgan fingerprint density at radius 1 is 1.56 bits per heavy atom. The van der Waals surface area contributed by atoms with Gasteiger partial charge in [0.15, 0.2) is 0 Å². The first-order valence-corrected chi connectivity index (χ1v) is 6.03. The molecule has 1 saturated heterocycles. The normalized spacial score (nSPS) is 20.2. The monoisotopic (exact) mass is 333 g/mol. The fourth-order valence-corrected chi connectivity index (χ4v) is 1.73. The summed E-state index contributed by atoms with van der Waals surface area (Å²) in [7, 11) is 0. The number of amides is 1. The molecule has 18 heavy (non-hydrogen) atoms. The van der Waals surface area contributed by atoms with E-state index in [4.69, 9.17) is 15.2 Å². The minimum atomic E-state index is -0.0236. The van der Waals surface area contributed by atoms with E-state index in [0.717, 1.165) is 19.6 Å². The zero-order valence-corrected chi connectivity index (χ0v) is 13.8. The van der Waals surface area contributed by atoms with E-state index in [9.17, 15) is 4.79 Å². The molecule has 0 bridgehead atoms. The molecular formula is C11H22N3O3Y-. The molecule has 1 aliphatic rings. The smallest absolute Gasteiger partial charge is 0.216 e. The Bertz CT molecular complexity index is 232. The first kappa shape index (κ1) is 18.4. The van der Waals surface area contributed by atoms with E-state index in [1.54, 1.807) is 0 Å². The Labute approximate surface area is 134 Å². The maximum atomic E-state index is 10.8. The third-order valence-electron chi connectivity index (χ3n) is 2.60. The van der Waals surface area contributed by atoms with Gasteiger partial charge in [-0.3, -0.25) is 9.69 Å². The van der Waals surface area contributed by atoms with Crippen LogP contribution in [0.5, 0.6) is 0 Å². The van der Waals surface area contributed by atoms with Crippen LogP contribution in [-0.2, 0) is 47.0 Å². The largest absolute Gasteiger partial charge is 0.676 e. The van der Waals surface area contributed by atoms with Crippen LogP contribution in [0.4, 0.5) is 0 Å². The van der Waals surface area contributed by atoms with Gasteiger partial charge in [-0.1, -0.05) is 0 Å². The molecular weight excluding hydrogens is 311 g/mol. The quantitative estimate of drug-likeness (QED) is 0.660. The molecule has 1 unspecified atom stereocenters. The van der Waals surface area contributed by atoms with Gasteiger partial charge in [0.05, 0.1) is 19.3 Å². The molecule has 1 aliphatic heterocycles. The molecule has 0 aromatic carbocycles. The zero-order valence-electron chi connectivity index (χ0n) is 11.0. The number of hydrogen-bond donors (Lipinski definition) is 1. The Morgan fingerprint density at radius 3 is 3.00 bits per heavy atom. The van der Waals surface area contributed by atoms with Gasteiger partial charge in [0, 0.05) is 72.4 Å². The van der Waals surface area contributed by atoms with Gasteiger partial charge in [-0.2, -0.15) is 0 Å². The van der Waals surface area contributed by atoms with Crippen molar-refractivity contribution in [1.29, 1.82) is 0 Å². The summed E-state index contributed by atoms with van der Waals surface area (Å²) >= 11 is 0. The van der Waals surface area contributed by atoms with Crippen molar-refractivity contribution in [2.75, 3.05) is 52.5 Å². The molecule has 0 saturated carbocycles. The second-order valence-corrected chi connectivity index (χ2v) is 4.09. The number of rotatable bonds is 7. The predicted molar refractivity (Wildman–Crippen MR) is 64.9 cm³/mol. The summed E-state index contributed by atoms with van der Waals surface area (Å²) in [6, 6.07) is 0. The van der Waals surface area contributed by atoms with E-state index in [0.29, 0.717) is 32.9 Å². The number of nitrogens with one attached hydrogen (secondary N) is 2. The van der Waals surface area contributed by atoms with Gasteiger partial charge in [0.1, 0.15) is 0 Å². The van der Waals surface area contributed by atoms with E-state index in [1.165, 1.54) is 6.92 Å². The van der Waals surface area contributed by atoms with Crippen LogP contribution in [0.3, 0.4) is 0 Å². The molecule has 6 nitrogen and oxygen atoms in total. The van der Waals surface area contributed by atoms with Crippen LogP contribution in [0.2, 0.25) is 0 Å². The average Bonchev–Trinajstić information content (AvgIpc) is 2.33. The number of morpholine rings is 1. The van der Waals surface area contributed by atoms with Crippen LogP contribution < -0.4 is 5.32 Å². The minimum Gasteiger partial charge on any atom is -0.676 e. The summed E-state index contributed by atoms with van der Waals surface area (Å²) < 4.78 is 10.8. The summed E-state index contributed by atoms with van der Waals surface area (Å²) in [5.41, 5.74) is 6.95. The SMILES string of the molecule is CC(=O)NCC1CN(CCOCC[NH-])CCO1.[Y]. The van der Waals surface area contributed by atoms with Crippen LogP contribution in [0.15, 0.2) is 0 Å². The topological polar surface area (TPSA) is 74.6 Å². The standard InChI is InChI=1S/C11H22N3O3.Y/c1-10(15)13-8-11-9-14(4-7-17-11)3-6-16-5-2-12;/h11-12H,2-9H2,1H3,(H,13,15);/q-1;. The van der Waals surface area contributed by atoms with Gasteiger partial charge in [-0.15, -0.1) is 6.54 Å². The molecule has 0 spiro atoms. The molecule has 1 rings (SSSR count). The molecule has 1 amide bonds. The molecule has 1 radical (unpaired) electrons. The van der Waals surface area contributed by atoms with Gasteiger partial charge in [0.25, 0.3) is 0 Å². The number of nitrogens with zero attached hydrogens (tertiary/aromatic N) is 1. The Balaban J connectivity index is 0.00000289. The third kappa shape index (κ3) is 8.50. The fraction of sp³-hybridized carbons (Fsp3) is 0.909. The van der Waals surface area contributed by atoms with Crippen LogP contribution in [-0.4, -0.2) is 69.5 Å². The van der Waals surface area contributed by atoms with Crippen LogP contribution in [0.1, 0.15) is 6.92 Å². The molecule has 2 N–H and O–H groups in total. The zero-order chi connectivity index (χ0) is 12.5. The number of hydrogen-bond acceptors (Lipinski definition) is 4. The Morgan fingerprint density at radius 2 is 2.33 bits per heavy atom. The van der Waals surface area contributed by atoms with Crippen molar-refractivity contribution in [3.63, 3.8) is 0 Å². The van der Waals surface area contributed by atoms with E-state index in [1.807, 2.05) is 0 Å². The minimum absolute atomic E-state index is 0. The van der Waals surface area contributed by atoms with Crippen molar-refractivity contribution < 1.29 is 47.0 Å². The molecule has 0 aromatic rings. The summed E-state index contributed by atoms with van der Waals surface area (Å²) in [6.45, 7) is 6.84. The molecule has 7 heteroatoms. The Kier molecular flexibility index (Phi) is 11.5. The molecule has 1 atom stereocenters. The molecule has 1 heterocycles. The van der Waals surface area contributed by atoms with Gasteiger partial charge in [0.2, 0.25) is 5.91 Å².